The minimum absolute atomic E-state index is 0.346. The molecule has 29 heavy (non-hydrogen) atoms. The third-order valence-corrected chi connectivity index (χ3v) is 4.48. The molecule has 2 aromatic heterocycles. The zero-order chi connectivity index (χ0) is 20.1. The van der Waals surface area contributed by atoms with Crippen LogP contribution in [-0.2, 0) is 13.0 Å². The van der Waals surface area contributed by atoms with Crippen molar-refractivity contribution in [3.05, 3.63) is 101 Å². The molecule has 0 unspecified atom stereocenters. The first-order valence-electron chi connectivity index (χ1n) is 9.07. The summed E-state index contributed by atoms with van der Waals surface area (Å²) < 4.78 is 19.7. The summed E-state index contributed by atoms with van der Waals surface area (Å²) >= 11 is 0. The van der Waals surface area contributed by atoms with E-state index in [4.69, 9.17) is 10.00 Å². The Morgan fingerprint density at radius 3 is 2.72 bits per heavy atom. The van der Waals surface area contributed by atoms with Crippen LogP contribution in [0.15, 0.2) is 73.2 Å². The van der Waals surface area contributed by atoms with Crippen molar-refractivity contribution in [3.63, 3.8) is 0 Å². The van der Waals surface area contributed by atoms with E-state index < -0.39 is 0 Å². The van der Waals surface area contributed by atoms with Crippen LogP contribution in [0.25, 0.3) is 11.4 Å². The SMILES string of the molecule is N#Cc1ccnc(-c2nc[nH]c2Cc2ccc(F)cc2OCc2ccccc2)c1. The lowest BCUT2D eigenvalue weighted by molar-refractivity contribution is 0.301. The Bertz CT molecular complexity index is 1160. The van der Waals surface area contributed by atoms with Crippen LogP contribution in [0.5, 0.6) is 5.75 Å². The zero-order valence-electron chi connectivity index (χ0n) is 15.5. The van der Waals surface area contributed by atoms with E-state index in [-0.39, 0.29) is 5.82 Å². The molecule has 6 heteroatoms. The van der Waals surface area contributed by atoms with Crippen LogP contribution in [0, 0.1) is 17.1 Å². The number of nitrogens with zero attached hydrogens (tertiary/aromatic N) is 3. The molecule has 0 saturated carbocycles. The minimum atomic E-state index is -0.356. The van der Waals surface area contributed by atoms with Gasteiger partial charge in [0.2, 0.25) is 0 Å². The summed E-state index contributed by atoms with van der Waals surface area (Å²) in [5.41, 5.74) is 4.41. The fraction of sp³-hybridized carbons (Fsp3) is 0.0870. The van der Waals surface area contributed by atoms with E-state index in [1.54, 1.807) is 30.7 Å². The number of aromatic amines is 1. The molecule has 0 spiro atoms. The molecule has 2 heterocycles. The second kappa shape index (κ2) is 8.36. The highest BCUT2D eigenvalue weighted by molar-refractivity contribution is 5.60. The number of nitrogens with one attached hydrogen (secondary N) is 1. The van der Waals surface area contributed by atoms with Crippen LogP contribution in [0.2, 0.25) is 0 Å². The fourth-order valence-corrected chi connectivity index (χ4v) is 3.04. The molecular formula is C23H17FN4O. The number of nitriles is 1. The summed E-state index contributed by atoms with van der Waals surface area (Å²) in [6.07, 6.45) is 3.62. The largest absolute Gasteiger partial charge is 0.489 e. The van der Waals surface area contributed by atoms with Crippen LogP contribution in [0.4, 0.5) is 4.39 Å². The van der Waals surface area contributed by atoms with Crippen molar-refractivity contribution in [3.8, 4) is 23.2 Å². The summed E-state index contributed by atoms with van der Waals surface area (Å²) in [6.45, 7) is 0.346. The average Bonchev–Trinajstić information content (AvgIpc) is 3.23. The van der Waals surface area contributed by atoms with Crippen LogP contribution in [0.1, 0.15) is 22.4 Å². The fourth-order valence-electron chi connectivity index (χ4n) is 3.04. The molecule has 142 valence electrons. The number of hydrogen-bond donors (Lipinski definition) is 1. The molecule has 5 nitrogen and oxygen atoms in total. The highest BCUT2D eigenvalue weighted by Gasteiger charge is 2.14. The number of imidazole rings is 1. The Labute approximate surface area is 167 Å². The monoisotopic (exact) mass is 384 g/mol. The number of H-pyrrole nitrogens is 1. The Balaban J connectivity index is 1.60. The van der Waals surface area contributed by atoms with Crippen molar-refractivity contribution < 1.29 is 9.13 Å². The van der Waals surface area contributed by atoms with Crippen molar-refractivity contribution in [2.24, 2.45) is 0 Å². The first-order valence-corrected chi connectivity index (χ1v) is 9.07. The van der Waals surface area contributed by atoms with Gasteiger partial charge in [0.25, 0.3) is 0 Å². The van der Waals surface area contributed by atoms with Gasteiger partial charge in [-0.3, -0.25) is 4.98 Å². The predicted molar refractivity (Wildman–Crippen MR) is 107 cm³/mol. The first-order chi connectivity index (χ1) is 14.2. The average molecular weight is 384 g/mol. The predicted octanol–water partition coefficient (Wildman–Crippen LogP) is 4.65. The standard InChI is InChI=1S/C23H17FN4O/c24-19-7-6-18(22(12-19)29-14-16-4-2-1-3-5-16)11-21-23(28-15-27-21)20-10-17(13-25)8-9-26-20/h1-10,12,15H,11,14H2,(H,27,28). The molecule has 0 bridgehead atoms. The van der Waals surface area contributed by atoms with Crippen LogP contribution < -0.4 is 4.74 Å². The van der Waals surface area contributed by atoms with E-state index in [9.17, 15) is 4.39 Å². The van der Waals surface area contributed by atoms with Crippen LogP contribution >= 0.6 is 0 Å². The van der Waals surface area contributed by atoms with E-state index in [0.29, 0.717) is 35.7 Å². The zero-order valence-corrected chi connectivity index (χ0v) is 15.5. The van der Waals surface area contributed by atoms with E-state index in [2.05, 4.69) is 21.0 Å². The Kier molecular flexibility index (Phi) is 5.30. The highest BCUT2D eigenvalue weighted by atomic mass is 19.1. The second-order valence-corrected chi connectivity index (χ2v) is 6.47. The summed E-state index contributed by atoms with van der Waals surface area (Å²) in [7, 11) is 0. The third-order valence-electron chi connectivity index (χ3n) is 4.48. The van der Waals surface area contributed by atoms with Gasteiger partial charge >= 0.3 is 0 Å². The Hall–Kier alpha value is -3.98. The molecule has 4 rings (SSSR count). The molecule has 0 fully saturated rings. The highest BCUT2D eigenvalue weighted by Crippen LogP contribution is 2.27. The number of pyridine rings is 1. The van der Waals surface area contributed by atoms with E-state index in [1.807, 2.05) is 30.3 Å². The van der Waals surface area contributed by atoms with Crippen molar-refractivity contribution in [2.45, 2.75) is 13.0 Å². The van der Waals surface area contributed by atoms with Crippen LogP contribution in [0.3, 0.4) is 0 Å². The molecule has 4 aromatic rings. The number of ether oxygens (including phenoxy) is 1. The third kappa shape index (κ3) is 4.30. The molecule has 0 aliphatic rings. The summed E-state index contributed by atoms with van der Waals surface area (Å²) in [4.78, 5) is 11.8. The van der Waals surface area contributed by atoms with Gasteiger partial charge in [-0.2, -0.15) is 5.26 Å². The van der Waals surface area contributed by atoms with Gasteiger partial charge in [0.1, 0.15) is 23.9 Å². The molecule has 0 saturated heterocycles. The maximum absolute atomic E-state index is 13.8. The van der Waals surface area contributed by atoms with Crippen molar-refractivity contribution >= 4 is 0 Å². The number of rotatable bonds is 6. The van der Waals surface area contributed by atoms with E-state index in [0.717, 1.165) is 16.8 Å². The molecular weight excluding hydrogens is 367 g/mol. The lowest BCUT2D eigenvalue weighted by Crippen LogP contribution is -2.01. The topological polar surface area (TPSA) is 74.6 Å². The van der Waals surface area contributed by atoms with E-state index in [1.165, 1.54) is 12.1 Å². The van der Waals surface area contributed by atoms with Gasteiger partial charge in [0, 0.05) is 29.9 Å². The van der Waals surface area contributed by atoms with E-state index >= 15 is 0 Å². The summed E-state index contributed by atoms with van der Waals surface area (Å²) in [5.74, 6) is 0.123. The number of halogens is 1. The Morgan fingerprint density at radius 1 is 1.03 bits per heavy atom. The van der Waals surface area contributed by atoms with Gasteiger partial charge in [-0.1, -0.05) is 36.4 Å². The maximum atomic E-state index is 13.8. The lowest BCUT2D eigenvalue weighted by atomic mass is 10.1. The molecule has 2 aromatic carbocycles. The van der Waals surface area contributed by atoms with Crippen molar-refractivity contribution in [2.75, 3.05) is 0 Å². The summed E-state index contributed by atoms with van der Waals surface area (Å²) in [5, 5.41) is 9.12. The van der Waals surface area contributed by atoms with Gasteiger partial charge < -0.3 is 9.72 Å². The normalized spacial score (nSPS) is 10.5. The molecule has 0 aliphatic carbocycles. The van der Waals surface area contributed by atoms with Gasteiger partial charge in [-0.25, -0.2) is 9.37 Å². The number of benzene rings is 2. The van der Waals surface area contributed by atoms with Gasteiger partial charge in [-0.15, -0.1) is 0 Å². The van der Waals surface area contributed by atoms with Gasteiger partial charge in [0.05, 0.1) is 23.7 Å². The molecule has 0 radical (unpaired) electrons. The Morgan fingerprint density at radius 2 is 1.90 bits per heavy atom. The van der Waals surface area contributed by atoms with Crippen LogP contribution in [-0.4, -0.2) is 15.0 Å². The minimum Gasteiger partial charge on any atom is -0.489 e. The molecule has 1 N–H and O–H groups in total. The molecule has 0 atom stereocenters. The van der Waals surface area contributed by atoms with Crippen molar-refractivity contribution in [1.29, 1.82) is 5.26 Å². The number of aromatic nitrogens is 3. The summed E-state index contributed by atoms with van der Waals surface area (Å²) in [6, 6.07) is 19.7. The van der Waals surface area contributed by atoms with Gasteiger partial charge in [-0.05, 0) is 23.8 Å². The van der Waals surface area contributed by atoms with Crippen molar-refractivity contribution in [1.82, 2.24) is 15.0 Å². The maximum Gasteiger partial charge on any atom is 0.126 e. The first kappa shape index (κ1) is 18.4. The second-order valence-electron chi connectivity index (χ2n) is 6.47. The van der Waals surface area contributed by atoms with Gasteiger partial charge in [0.15, 0.2) is 0 Å². The molecule has 0 aliphatic heterocycles. The smallest absolute Gasteiger partial charge is 0.126 e. The molecule has 0 amide bonds. The number of hydrogen-bond acceptors (Lipinski definition) is 4. The lowest BCUT2D eigenvalue weighted by Gasteiger charge is -2.12. The quantitative estimate of drug-likeness (QED) is 0.525.